The van der Waals surface area contributed by atoms with E-state index < -0.39 is 34.2 Å². The molecule has 0 aliphatic rings. The molecule has 0 fully saturated rings. The van der Waals surface area contributed by atoms with Crippen LogP contribution in [0.25, 0.3) is 0 Å². The van der Waals surface area contributed by atoms with Crippen molar-refractivity contribution in [1.29, 1.82) is 0 Å². The van der Waals surface area contributed by atoms with Gasteiger partial charge in [-0.25, -0.2) is 17.5 Å². The third kappa shape index (κ3) is 6.03. The summed E-state index contributed by atoms with van der Waals surface area (Å²) in [5, 5.41) is 2.61. The summed E-state index contributed by atoms with van der Waals surface area (Å²) < 4.78 is 44.5. The van der Waals surface area contributed by atoms with Gasteiger partial charge in [0, 0.05) is 12.7 Å². The maximum atomic E-state index is 13.2. The number of benzene rings is 2. The number of halogens is 1. The van der Waals surface area contributed by atoms with E-state index in [0.717, 1.165) is 17.0 Å². The average Bonchev–Trinajstić information content (AvgIpc) is 2.66. The van der Waals surface area contributed by atoms with Crippen molar-refractivity contribution in [3.63, 3.8) is 0 Å². The number of likely N-dealkylation sites (N-methyl/N-ethyl adjacent to an activating group) is 1. The number of carbonyl (C=O) groups is 2. The van der Waals surface area contributed by atoms with Crippen LogP contribution < -0.4 is 14.8 Å². The van der Waals surface area contributed by atoms with E-state index in [9.17, 15) is 22.4 Å². The number of ether oxygens (including phenoxy) is 1. The SMILES string of the molecule is COc1ccc(NC(=O)CN(C)C(=O)CNS(=O)(=O)c2cccc(F)c2)cc1. The normalized spacial score (nSPS) is 11.0. The average molecular weight is 409 g/mol. The lowest BCUT2D eigenvalue weighted by Crippen LogP contribution is -2.41. The molecule has 10 heteroatoms. The number of sulfonamides is 1. The standard InChI is InChI=1S/C18H20FN3O5S/c1-22(12-17(23)21-14-6-8-15(27-2)9-7-14)18(24)11-20-28(25,26)16-5-3-4-13(19)10-16/h3-10,20H,11-12H2,1-2H3,(H,21,23). The molecule has 0 heterocycles. The van der Waals surface area contributed by atoms with Crippen LogP contribution in [0.5, 0.6) is 5.75 Å². The number of anilines is 1. The zero-order valence-corrected chi connectivity index (χ0v) is 16.1. The van der Waals surface area contributed by atoms with Crippen molar-refractivity contribution in [2.24, 2.45) is 0 Å². The molecule has 0 aromatic heterocycles. The second-order valence-corrected chi connectivity index (χ2v) is 7.58. The Bertz CT molecular complexity index is 948. The topological polar surface area (TPSA) is 105 Å². The van der Waals surface area contributed by atoms with Crippen LogP contribution in [0, 0.1) is 5.82 Å². The van der Waals surface area contributed by atoms with E-state index in [2.05, 4.69) is 10.0 Å². The molecule has 0 saturated carbocycles. The predicted molar refractivity (Wildman–Crippen MR) is 101 cm³/mol. The summed E-state index contributed by atoms with van der Waals surface area (Å²) in [6.07, 6.45) is 0. The second kappa shape index (κ2) is 9.29. The van der Waals surface area contributed by atoms with Crippen LogP contribution in [0.3, 0.4) is 0 Å². The molecule has 8 nitrogen and oxygen atoms in total. The van der Waals surface area contributed by atoms with Gasteiger partial charge in [0.05, 0.1) is 25.1 Å². The van der Waals surface area contributed by atoms with Crippen LogP contribution in [-0.2, 0) is 19.6 Å². The highest BCUT2D eigenvalue weighted by molar-refractivity contribution is 7.89. The van der Waals surface area contributed by atoms with Crippen molar-refractivity contribution in [3.8, 4) is 5.75 Å². The van der Waals surface area contributed by atoms with E-state index in [1.165, 1.54) is 26.3 Å². The van der Waals surface area contributed by atoms with Gasteiger partial charge in [0.1, 0.15) is 11.6 Å². The highest BCUT2D eigenvalue weighted by Crippen LogP contribution is 2.15. The first-order chi connectivity index (χ1) is 13.2. The molecule has 0 atom stereocenters. The zero-order valence-electron chi connectivity index (χ0n) is 15.3. The molecule has 0 aliphatic heterocycles. The fourth-order valence-electron chi connectivity index (χ4n) is 2.19. The van der Waals surface area contributed by atoms with Gasteiger partial charge in [-0.2, -0.15) is 0 Å². The van der Waals surface area contributed by atoms with Gasteiger partial charge in [0.2, 0.25) is 21.8 Å². The van der Waals surface area contributed by atoms with Gasteiger partial charge in [-0.3, -0.25) is 9.59 Å². The molecule has 0 spiro atoms. The van der Waals surface area contributed by atoms with E-state index in [1.54, 1.807) is 24.3 Å². The minimum absolute atomic E-state index is 0.271. The van der Waals surface area contributed by atoms with Crippen molar-refractivity contribution >= 4 is 27.5 Å². The van der Waals surface area contributed by atoms with Crippen molar-refractivity contribution in [1.82, 2.24) is 9.62 Å². The fraction of sp³-hybridized carbons (Fsp3) is 0.222. The molecule has 0 aliphatic carbocycles. The Morgan fingerprint density at radius 2 is 1.82 bits per heavy atom. The molecule has 28 heavy (non-hydrogen) atoms. The maximum Gasteiger partial charge on any atom is 0.243 e. The Morgan fingerprint density at radius 3 is 2.43 bits per heavy atom. The lowest BCUT2D eigenvalue weighted by atomic mass is 10.3. The third-order valence-corrected chi connectivity index (χ3v) is 5.10. The number of nitrogens with zero attached hydrogens (tertiary/aromatic N) is 1. The Labute approximate surface area is 162 Å². The van der Waals surface area contributed by atoms with Gasteiger partial charge in [-0.1, -0.05) is 6.07 Å². The first-order valence-corrected chi connectivity index (χ1v) is 9.62. The summed E-state index contributed by atoms with van der Waals surface area (Å²) in [7, 11) is -1.15. The minimum atomic E-state index is -4.04. The van der Waals surface area contributed by atoms with Crippen molar-refractivity contribution < 1.29 is 27.1 Å². The molecule has 2 N–H and O–H groups in total. The van der Waals surface area contributed by atoms with Crippen molar-refractivity contribution in [2.75, 3.05) is 32.6 Å². The molecule has 0 bridgehead atoms. The molecule has 150 valence electrons. The van der Waals surface area contributed by atoms with E-state index in [0.29, 0.717) is 11.4 Å². The lowest BCUT2D eigenvalue weighted by molar-refractivity contribution is -0.132. The summed E-state index contributed by atoms with van der Waals surface area (Å²) in [4.78, 5) is 24.9. The molecule has 0 unspecified atom stereocenters. The largest absolute Gasteiger partial charge is 0.497 e. The number of hydrogen-bond donors (Lipinski definition) is 2. The Kier molecular flexibility index (Phi) is 7.07. The van der Waals surface area contributed by atoms with Crippen LogP contribution >= 0.6 is 0 Å². The third-order valence-electron chi connectivity index (χ3n) is 3.70. The highest BCUT2D eigenvalue weighted by atomic mass is 32.2. The minimum Gasteiger partial charge on any atom is -0.497 e. The summed E-state index contributed by atoms with van der Waals surface area (Å²) in [6.45, 7) is -0.836. The number of nitrogens with one attached hydrogen (secondary N) is 2. The summed E-state index contributed by atoms with van der Waals surface area (Å²) >= 11 is 0. The van der Waals surface area contributed by atoms with Gasteiger partial charge < -0.3 is 15.0 Å². The van der Waals surface area contributed by atoms with E-state index in [-0.39, 0.29) is 11.4 Å². The number of carbonyl (C=O) groups excluding carboxylic acids is 2. The summed E-state index contributed by atoms with van der Waals surface area (Å²) in [6, 6.07) is 11.1. The van der Waals surface area contributed by atoms with Gasteiger partial charge >= 0.3 is 0 Å². The van der Waals surface area contributed by atoms with Crippen LogP contribution in [0.2, 0.25) is 0 Å². The summed E-state index contributed by atoms with van der Waals surface area (Å²) in [5.41, 5.74) is 0.526. The quantitative estimate of drug-likeness (QED) is 0.682. The smallest absolute Gasteiger partial charge is 0.243 e. The van der Waals surface area contributed by atoms with E-state index in [1.807, 2.05) is 0 Å². The second-order valence-electron chi connectivity index (χ2n) is 5.81. The maximum absolute atomic E-state index is 13.2. The molecule has 0 radical (unpaired) electrons. The van der Waals surface area contributed by atoms with Gasteiger partial charge in [-0.05, 0) is 42.5 Å². The molecule has 0 saturated heterocycles. The van der Waals surface area contributed by atoms with Crippen molar-refractivity contribution in [2.45, 2.75) is 4.90 Å². The van der Waals surface area contributed by atoms with Gasteiger partial charge in [0.15, 0.2) is 0 Å². The van der Waals surface area contributed by atoms with Crippen LogP contribution in [0.15, 0.2) is 53.4 Å². The first kappa shape index (κ1) is 21.3. The monoisotopic (exact) mass is 409 g/mol. The first-order valence-electron chi connectivity index (χ1n) is 8.14. The van der Waals surface area contributed by atoms with Crippen LogP contribution in [-0.4, -0.2) is 52.4 Å². The highest BCUT2D eigenvalue weighted by Gasteiger charge is 2.19. The molecule has 2 aromatic rings. The predicted octanol–water partition coefficient (Wildman–Crippen LogP) is 1.21. The number of methoxy groups -OCH3 is 1. The summed E-state index contributed by atoms with van der Waals surface area (Å²) in [5.74, 6) is -1.14. The van der Waals surface area contributed by atoms with Gasteiger partial charge in [-0.15, -0.1) is 0 Å². The van der Waals surface area contributed by atoms with Gasteiger partial charge in [0.25, 0.3) is 0 Å². The van der Waals surface area contributed by atoms with E-state index >= 15 is 0 Å². The van der Waals surface area contributed by atoms with Crippen LogP contribution in [0.4, 0.5) is 10.1 Å². The molecular formula is C18H20FN3O5S. The molecule has 2 amide bonds. The van der Waals surface area contributed by atoms with Crippen molar-refractivity contribution in [3.05, 3.63) is 54.3 Å². The Hall–Kier alpha value is -2.98. The molecule has 2 rings (SSSR count). The number of rotatable bonds is 8. The Balaban J connectivity index is 1.87. The molecule has 2 aromatic carbocycles. The fourth-order valence-corrected chi connectivity index (χ4v) is 3.19. The molecular weight excluding hydrogens is 389 g/mol. The zero-order chi connectivity index (χ0) is 20.7. The number of amides is 2. The number of hydrogen-bond acceptors (Lipinski definition) is 5. The van der Waals surface area contributed by atoms with E-state index in [4.69, 9.17) is 4.74 Å². The lowest BCUT2D eigenvalue weighted by Gasteiger charge is -2.17. The Morgan fingerprint density at radius 1 is 1.14 bits per heavy atom. The van der Waals surface area contributed by atoms with Crippen LogP contribution in [0.1, 0.15) is 0 Å².